The van der Waals surface area contributed by atoms with Crippen LogP contribution in [0.5, 0.6) is 0 Å². The molecule has 0 bridgehead atoms. The van der Waals surface area contributed by atoms with Gasteiger partial charge in [0, 0.05) is 13.2 Å². The molecular formula is C14H21N3O. The first-order valence-electron chi connectivity index (χ1n) is 6.57. The van der Waals surface area contributed by atoms with Crippen LogP contribution in [-0.4, -0.2) is 16.3 Å². The van der Waals surface area contributed by atoms with Crippen LogP contribution in [0.2, 0.25) is 0 Å². The van der Waals surface area contributed by atoms with Crippen LogP contribution in [0.4, 0.5) is 0 Å². The standard InChI is InChI=1S/C14H21N3O/c1-4-8-15-9-11-6-7-14(18-11)12-10-17(3)16-13(12)5-2/h6-7,10,15H,4-5,8-9H2,1-3H3. The zero-order valence-electron chi connectivity index (χ0n) is 11.4. The normalized spacial score (nSPS) is 11.1. The molecule has 0 aromatic carbocycles. The topological polar surface area (TPSA) is 43.0 Å². The third kappa shape index (κ3) is 2.82. The van der Waals surface area contributed by atoms with Gasteiger partial charge in [-0.05, 0) is 31.5 Å². The van der Waals surface area contributed by atoms with E-state index in [9.17, 15) is 0 Å². The highest BCUT2D eigenvalue weighted by Gasteiger charge is 2.12. The number of aryl methyl sites for hydroxylation is 2. The highest BCUT2D eigenvalue weighted by molar-refractivity contribution is 5.59. The molecule has 0 fully saturated rings. The van der Waals surface area contributed by atoms with Gasteiger partial charge in [0.2, 0.25) is 0 Å². The second kappa shape index (κ2) is 5.87. The second-order valence-corrected chi connectivity index (χ2v) is 4.46. The third-order valence-electron chi connectivity index (χ3n) is 2.89. The van der Waals surface area contributed by atoms with Crippen molar-refractivity contribution in [2.75, 3.05) is 6.54 Å². The van der Waals surface area contributed by atoms with Crippen molar-refractivity contribution in [3.63, 3.8) is 0 Å². The van der Waals surface area contributed by atoms with Crippen LogP contribution in [0.1, 0.15) is 31.7 Å². The van der Waals surface area contributed by atoms with Gasteiger partial charge >= 0.3 is 0 Å². The molecule has 4 heteroatoms. The van der Waals surface area contributed by atoms with Crippen molar-refractivity contribution in [1.82, 2.24) is 15.1 Å². The third-order valence-corrected chi connectivity index (χ3v) is 2.89. The Kier molecular flexibility index (Phi) is 4.20. The van der Waals surface area contributed by atoms with Gasteiger partial charge in [-0.1, -0.05) is 13.8 Å². The number of hydrogen-bond donors (Lipinski definition) is 1. The first-order valence-corrected chi connectivity index (χ1v) is 6.57. The molecule has 2 aromatic heterocycles. The summed E-state index contributed by atoms with van der Waals surface area (Å²) in [5, 5.41) is 7.77. The zero-order valence-corrected chi connectivity index (χ0v) is 11.4. The fourth-order valence-corrected chi connectivity index (χ4v) is 2.01. The summed E-state index contributed by atoms with van der Waals surface area (Å²) in [4.78, 5) is 0. The van der Waals surface area contributed by atoms with E-state index >= 15 is 0 Å². The van der Waals surface area contributed by atoms with E-state index in [0.29, 0.717) is 0 Å². The van der Waals surface area contributed by atoms with E-state index in [2.05, 4.69) is 24.3 Å². The SMILES string of the molecule is CCCNCc1ccc(-c2cn(C)nc2CC)o1. The van der Waals surface area contributed by atoms with Gasteiger partial charge in [-0.3, -0.25) is 4.68 Å². The predicted molar refractivity (Wildman–Crippen MR) is 72.3 cm³/mol. The molecule has 0 aliphatic heterocycles. The number of nitrogens with zero attached hydrogens (tertiary/aromatic N) is 2. The number of aromatic nitrogens is 2. The van der Waals surface area contributed by atoms with Gasteiger partial charge < -0.3 is 9.73 Å². The van der Waals surface area contributed by atoms with E-state index in [4.69, 9.17) is 4.42 Å². The molecule has 0 aliphatic rings. The molecule has 0 aliphatic carbocycles. The number of furan rings is 1. The Hall–Kier alpha value is -1.55. The summed E-state index contributed by atoms with van der Waals surface area (Å²) >= 11 is 0. The largest absolute Gasteiger partial charge is 0.460 e. The van der Waals surface area contributed by atoms with Crippen LogP contribution >= 0.6 is 0 Å². The molecule has 0 radical (unpaired) electrons. The molecule has 0 atom stereocenters. The van der Waals surface area contributed by atoms with Gasteiger partial charge in [-0.25, -0.2) is 0 Å². The summed E-state index contributed by atoms with van der Waals surface area (Å²) in [6.07, 6.45) is 4.07. The molecule has 2 aromatic rings. The molecule has 0 unspecified atom stereocenters. The van der Waals surface area contributed by atoms with Crippen LogP contribution < -0.4 is 5.32 Å². The summed E-state index contributed by atoms with van der Waals surface area (Å²) in [5.41, 5.74) is 2.18. The van der Waals surface area contributed by atoms with Gasteiger partial charge in [-0.15, -0.1) is 0 Å². The Morgan fingerprint density at radius 1 is 1.33 bits per heavy atom. The van der Waals surface area contributed by atoms with Crippen LogP contribution in [0.15, 0.2) is 22.7 Å². The van der Waals surface area contributed by atoms with Crippen LogP contribution in [-0.2, 0) is 20.0 Å². The summed E-state index contributed by atoms with van der Waals surface area (Å²) in [6.45, 7) is 6.07. The first kappa shape index (κ1) is 12.9. The summed E-state index contributed by atoms with van der Waals surface area (Å²) in [7, 11) is 1.94. The fraction of sp³-hybridized carbons (Fsp3) is 0.500. The van der Waals surface area contributed by atoms with Crippen molar-refractivity contribution in [3.8, 4) is 11.3 Å². The monoisotopic (exact) mass is 247 g/mol. The van der Waals surface area contributed by atoms with Crippen LogP contribution in [0.3, 0.4) is 0 Å². The number of nitrogens with one attached hydrogen (secondary N) is 1. The van der Waals surface area contributed by atoms with Crippen LogP contribution in [0.25, 0.3) is 11.3 Å². The predicted octanol–water partition coefficient (Wildman–Crippen LogP) is 2.74. The molecular weight excluding hydrogens is 226 g/mol. The maximum absolute atomic E-state index is 5.86. The maximum atomic E-state index is 5.86. The molecule has 4 nitrogen and oxygen atoms in total. The van der Waals surface area contributed by atoms with Crippen molar-refractivity contribution in [2.45, 2.75) is 33.2 Å². The zero-order chi connectivity index (χ0) is 13.0. The Balaban J connectivity index is 2.13. The second-order valence-electron chi connectivity index (χ2n) is 4.46. The highest BCUT2D eigenvalue weighted by atomic mass is 16.3. The smallest absolute Gasteiger partial charge is 0.137 e. The van der Waals surface area contributed by atoms with Crippen molar-refractivity contribution in [1.29, 1.82) is 0 Å². The van der Waals surface area contributed by atoms with Crippen molar-refractivity contribution < 1.29 is 4.42 Å². The molecule has 2 rings (SSSR count). The minimum Gasteiger partial charge on any atom is -0.460 e. The minimum absolute atomic E-state index is 0.787. The molecule has 0 saturated carbocycles. The average molecular weight is 247 g/mol. The Labute approximate surface area is 108 Å². The van der Waals surface area contributed by atoms with Crippen molar-refractivity contribution in [3.05, 3.63) is 29.8 Å². The Morgan fingerprint density at radius 3 is 2.89 bits per heavy atom. The summed E-state index contributed by atoms with van der Waals surface area (Å²) < 4.78 is 7.70. The minimum atomic E-state index is 0.787. The molecule has 2 heterocycles. The van der Waals surface area contributed by atoms with E-state index in [1.54, 1.807) is 0 Å². The van der Waals surface area contributed by atoms with Gasteiger partial charge in [0.05, 0.1) is 17.8 Å². The van der Waals surface area contributed by atoms with E-state index in [0.717, 1.165) is 48.7 Å². The molecule has 98 valence electrons. The number of rotatable bonds is 6. The van der Waals surface area contributed by atoms with E-state index in [1.165, 1.54) is 0 Å². The van der Waals surface area contributed by atoms with Crippen molar-refractivity contribution >= 4 is 0 Å². The molecule has 0 spiro atoms. The lowest BCUT2D eigenvalue weighted by Crippen LogP contribution is -2.12. The molecule has 1 N–H and O–H groups in total. The lowest BCUT2D eigenvalue weighted by Gasteiger charge is -1.99. The summed E-state index contributed by atoms with van der Waals surface area (Å²) in [6, 6.07) is 4.06. The average Bonchev–Trinajstić information content (AvgIpc) is 2.95. The first-order chi connectivity index (χ1) is 8.74. The van der Waals surface area contributed by atoms with Gasteiger partial charge in [0.1, 0.15) is 11.5 Å². The van der Waals surface area contributed by atoms with E-state index < -0.39 is 0 Å². The Bertz CT molecular complexity index is 499. The quantitative estimate of drug-likeness (QED) is 0.798. The molecule has 0 saturated heterocycles. The van der Waals surface area contributed by atoms with Crippen LogP contribution in [0, 0.1) is 0 Å². The van der Waals surface area contributed by atoms with Gasteiger partial charge in [0.15, 0.2) is 0 Å². The van der Waals surface area contributed by atoms with Crippen molar-refractivity contribution in [2.24, 2.45) is 7.05 Å². The molecule has 0 amide bonds. The van der Waals surface area contributed by atoms with E-state index in [1.807, 2.05) is 30.1 Å². The Morgan fingerprint density at radius 2 is 2.17 bits per heavy atom. The maximum Gasteiger partial charge on any atom is 0.137 e. The summed E-state index contributed by atoms with van der Waals surface area (Å²) in [5.74, 6) is 1.89. The lowest BCUT2D eigenvalue weighted by atomic mass is 10.2. The van der Waals surface area contributed by atoms with Gasteiger partial charge in [-0.2, -0.15) is 5.10 Å². The van der Waals surface area contributed by atoms with E-state index in [-0.39, 0.29) is 0 Å². The molecule has 18 heavy (non-hydrogen) atoms. The highest BCUT2D eigenvalue weighted by Crippen LogP contribution is 2.25. The van der Waals surface area contributed by atoms with Gasteiger partial charge in [0.25, 0.3) is 0 Å². The lowest BCUT2D eigenvalue weighted by molar-refractivity contribution is 0.493. The number of hydrogen-bond acceptors (Lipinski definition) is 3. The fourth-order valence-electron chi connectivity index (χ4n) is 2.01.